The molecular weight excluding hydrogens is 304 g/mol. The number of carbonyl (C=O) groups excluding carboxylic acids is 1. The summed E-state index contributed by atoms with van der Waals surface area (Å²) in [6.45, 7) is 7.81. The van der Waals surface area contributed by atoms with Gasteiger partial charge in [-0.1, -0.05) is 5.16 Å². The van der Waals surface area contributed by atoms with E-state index in [1.165, 1.54) is 0 Å². The molecule has 1 saturated carbocycles. The molecule has 1 saturated heterocycles. The zero-order chi connectivity index (χ0) is 16.8. The summed E-state index contributed by atoms with van der Waals surface area (Å²) in [6.07, 6.45) is 4.16. The van der Waals surface area contributed by atoms with Gasteiger partial charge in [0, 0.05) is 30.4 Å². The summed E-state index contributed by atoms with van der Waals surface area (Å²) in [4.78, 5) is 19.6. The summed E-state index contributed by atoms with van der Waals surface area (Å²) in [5.41, 5.74) is 2.97. The summed E-state index contributed by atoms with van der Waals surface area (Å²) in [6, 6.07) is 1.95. The highest BCUT2D eigenvalue weighted by molar-refractivity contribution is 5.96. The molecule has 2 aromatic rings. The minimum absolute atomic E-state index is 0.0570. The van der Waals surface area contributed by atoms with Crippen LogP contribution in [0.2, 0.25) is 0 Å². The van der Waals surface area contributed by atoms with E-state index < -0.39 is 0 Å². The molecule has 0 N–H and O–H groups in total. The molecule has 2 fully saturated rings. The van der Waals surface area contributed by atoms with Crippen molar-refractivity contribution in [2.45, 2.75) is 65.0 Å². The van der Waals surface area contributed by atoms with Crippen LogP contribution in [0.15, 0.2) is 10.6 Å². The highest BCUT2D eigenvalue weighted by Crippen LogP contribution is 2.40. The van der Waals surface area contributed by atoms with E-state index in [1.807, 2.05) is 17.9 Å². The Hall–Kier alpha value is -2.11. The van der Waals surface area contributed by atoms with Crippen molar-refractivity contribution in [3.05, 3.63) is 34.7 Å². The lowest BCUT2D eigenvalue weighted by Crippen LogP contribution is -2.31. The zero-order valence-electron chi connectivity index (χ0n) is 14.6. The number of nitrogens with zero attached hydrogens (tertiary/aromatic N) is 4. The third-order valence-corrected chi connectivity index (χ3v) is 5.32. The Labute approximate surface area is 141 Å². The molecule has 128 valence electrons. The third-order valence-electron chi connectivity index (χ3n) is 5.32. The summed E-state index contributed by atoms with van der Waals surface area (Å²) in [5, 5.41) is 4.16. The van der Waals surface area contributed by atoms with Crippen molar-refractivity contribution in [2.75, 3.05) is 6.54 Å². The largest absolute Gasteiger partial charge is 0.349 e. The number of amides is 1. The van der Waals surface area contributed by atoms with E-state index in [1.54, 1.807) is 0 Å². The van der Waals surface area contributed by atoms with Gasteiger partial charge in [0.2, 0.25) is 5.89 Å². The van der Waals surface area contributed by atoms with Gasteiger partial charge in [0.05, 0.1) is 11.6 Å². The smallest absolute Gasteiger partial charge is 0.256 e. The maximum Gasteiger partial charge on any atom is 0.256 e. The SMILES string of the molecule is CCn1c(C)cc(C(=O)N2CCCC2c2noc(C3CC3)n2)c1C. The number of hydrogen-bond acceptors (Lipinski definition) is 4. The Morgan fingerprint density at radius 1 is 1.33 bits per heavy atom. The van der Waals surface area contributed by atoms with E-state index in [0.29, 0.717) is 11.7 Å². The van der Waals surface area contributed by atoms with Gasteiger partial charge in [-0.25, -0.2) is 0 Å². The van der Waals surface area contributed by atoms with Gasteiger partial charge in [-0.05, 0) is 52.5 Å². The second-order valence-electron chi connectivity index (χ2n) is 6.95. The molecule has 24 heavy (non-hydrogen) atoms. The molecule has 1 aliphatic carbocycles. The highest BCUT2D eigenvalue weighted by atomic mass is 16.5. The molecule has 2 aromatic heterocycles. The van der Waals surface area contributed by atoms with Gasteiger partial charge in [-0.15, -0.1) is 0 Å². The first-order valence-electron chi connectivity index (χ1n) is 8.91. The van der Waals surface area contributed by atoms with E-state index in [0.717, 1.165) is 61.6 Å². The van der Waals surface area contributed by atoms with Gasteiger partial charge < -0.3 is 14.0 Å². The minimum atomic E-state index is -0.0570. The van der Waals surface area contributed by atoms with Gasteiger partial charge in [0.1, 0.15) is 0 Å². The van der Waals surface area contributed by atoms with Crippen molar-refractivity contribution < 1.29 is 9.32 Å². The summed E-state index contributed by atoms with van der Waals surface area (Å²) >= 11 is 0. The highest BCUT2D eigenvalue weighted by Gasteiger charge is 2.37. The van der Waals surface area contributed by atoms with Gasteiger partial charge in [-0.2, -0.15) is 4.98 Å². The maximum absolute atomic E-state index is 13.1. The standard InChI is InChI=1S/C18H24N4O2/c1-4-21-11(2)10-14(12(21)3)18(23)22-9-5-6-15(22)16-19-17(24-20-16)13-7-8-13/h10,13,15H,4-9H2,1-3H3. The van der Waals surface area contributed by atoms with E-state index in [2.05, 4.69) is 28.6 Å². The Balaban J connectivity index is 1.60. The van der Waals surface area contributed by atoms with Crippen molar-refractivity contribution in [2.24, 2.45) is 0 Å². The Bertz CT molecular complexity index is 772. The van der Waals surface area contributed by atoms with Crippen LogP contribution in [0.3, 0.4) is 0 Å². The fraction of sp³-hybridized carbons (Fsp3) is 0.611. The zero-order valence-corrected chi connectivity index (χ0v) is 14.6. The molecule has 0 spiro atoms. The van der Waals surface area contributed by atoms with Crippen LogP contribution < -0.4 is 0 Å². The molecule has 6 nitrogen and oxygen atoms in total. The van der Waals surface area contributed by atoms with Crippen molar-refractivity contribution in [1.29, 1.82) is 0 Å². The van der Waals surface area contributed by atoms with Crippen LogP contribution in [0.4, 0.5) is 0 Å². The molecule has 4 rings (SSSR count). The number of aromatic nitrogens is 3. The Morgan fingerprint density at radius 3 is 2.79 bits per heavy atom. The first-order valence-corrected chi connectivity index (χ1v) is 8.91. The normalized spacial score (nSPS) is 20.8. The molecule has 0 aromatic carbocycles. The number of rotatable bonds is 4. The Morgan fingerprint density at radius 2 is 2.12 bits per heavy atom. The van der Waals surface area contributed by atoms with Crippen molar-refractivity contribution in [1.82, 2.24) is 19.6 Å². The lowest BCUT2D eigenvalue weighted by Gasteiger charge is -2.22. The lowest BCUT2D eigenvalue weighted by atomic mass is 10.1. The average Bonchev–Trinajstić information content (AvgIpc) is 3.00. The third kappa shape index (κ3) is 2.44. The van der Waals surface area contributed by atoms with Crippen molar-refractivity contribution >= 4 is 5.91 Å². The summed E-state index contributed by atoms with van der Waals surface area (Å²) < 4.78 is 7.57. The Kier molecular flexibility index (Phi) is 3.70. The fourth-order valence-electron chi connectivity index (χ4n) is 3.82. The number of carbonyl (C=O) groups is 1. The summed E-state index contributed by atoms with van der Waals surface area (Å²) in [5.74, 6) is 1.95. The quantitative estimate of drug-likeness (QED) is 0.863. The molecule has 1 aliphatic heterocycles. The van der Waals surface area contributed by atoms with Crippen LogP contribution in [0.25, 0.3) is 0 Å². The average molecular weight is 328 g/mol. The van der Waals surface area contributed by atoms with E-state index >= 15 is 0 Å². The molecule has 1 atom stereocenters. The van der Waals surface area contributed by atoms with Crippen LogP contribution in [0.1, 0.15) is 78.0 Å². The summed E-state index contributed by atoms with van der Waals surface area (Å²) in [7, 11) is 0. The molecule has 0 radical (unpaired) electrons. The van der Waals surface area contributed by atoms with Gasteiger partial charge in [0.25, 0.3) is 5.91 Å². The van der Waals surface area contributed by atoms with E-state index in [4.69, 9.17) is 4.52 Å². The van der Waals surface area contributed by atoms with E-state index in [9.17, 15) is 4.79 Å². The van der Waals surface area contributed by atoms with Crippen LogP contribution in [-0.4, -0.2) is 32.1 Å². The molecular formula is C18H24N4O2. The molecule has 6 heteroatoms. The number of likely N-dealkylation sites (tertiary alicyclic amines) is 1. The molecule has 3 heterocycles. The predicted molar refractivity (Wildman–Crippen MR) is 88.9 cm³/mol. The first kappa shape index (κ1) is 15.4. The second kappa shape index (κ2) is 5.76. The maximum atomic E-state index is 13.1. The van der Waals surface area contributed by atoms with Crippen LogP contribution >= 0.6 is 0 Å². The van der Waals surface area contributed by atoms with Gasteiger partial charge in [-0.3, -0.25) is 4.79 Å². The van der Waals surface area contributed by atoms with Gasteiger partial charge >= 0.3 is 0 Å². The fourth-order valence-corrected chi connectivity index (χ4v) is 3.82. The topological polar surface area (TPSA) is 64.2 Å². The molecule has 1 unspecified atom stereocenters. The van der Waals surface area contributed by atoms with Crippen molar-refractivity contribution in [3.63, 3.8) is 0 Å². The molecule has 2 aliphatic rings. The van der Waals surface area contributed by atoms with Crippen LogP contribution in [-0.2, 0) is 6.54 Å². The first-order chi connectivity index (χ1) is 11.6. The monoisotopic (exact) mass is 328 g/mol. The minimum Gasteiger partial charge on any atom is -0.349 e. The molecule has 1 amide bonds. The predicted octanol–water partition coefficient (Wildman–Crippen LogP) is 3.36. The lowest BCUT2D eigenvalue weighted by molar-refractivity contribution is 0.0727. The number of hydrogen-bond donors (Lipinski definition) is 0. The molecule has 0 bridgehead atoms. The van der Waals surface area contributed by atoms with Crippen molar-refractivity contribution in [3.8, 4) is 0 Å². The van der Waals surface area contributed by atoms with Gasteiger partial charge in [0.15, 0.2) is 5.82 Å². The number of aryl methyl sites for hydroxylation is 1. The van der Waals surface area contributed by atoms with E-state index in [-0.39, 0.29) is 11.9 Å². The van der Waals surface area contributed by atoms with Crippen LogP contribution in [0, 0.1) is 13.8 Å². The van der Waals surface area contributed by atoms with Crippen LogP contribution in [0.5, 0.6) is 0 Å². The second-order valence-corrected chi connectivity index (χ2v) is 6.95.